The fourth-order valence-corrected chi connectivity index (χ4v) is 0.918. The zero-order valence-corrected chi connectivity index (χ0v) is 7.21. The molecule has 1 aromatic rings. The van der Waals surface area contributed by atoms with Crippen molar-refractivity contribution in [2.75, 3.05) is 11.2 Å². The molecule has 64 valence electrons. The van der Waals surface area contributed by atoms with Gasteiger partial charge in [-0.15, -0.1) is 11.6 Å². The lowest BCUT2D eigenvalue weighted by Crippen LogP contribution is -2.11. The largest absolute Gasteiger partial charge is 0.325 e. The minimum absolute atomic E-state index is 0.0852. The molecule has 0 atom stereocenters. The highest BCUT2D eigenvalue weighted by Crippen LogP contribution is 2.02. The molecule has 0 unspecified atom stereocenters. The highest BCUT2D eigenvalue weighted by Gasteiger charge is 1.99. The molecule has 0 aliphatic heterocycles. The first kappa shape index (κ1) is 9.00. The van der Waals surface area contributed by atoms with Crippen LogP contribution >= 0.6 is 11.6 Å². The predicted octanol–water partition coefficient (Wildman–Crippen LogP) is 1.65. The van der Waals surface area contributed by atoms with E-state index in [0.717, 1.165) is 0 Å². The lowest BCUT2D eigenvalue weighted by atomic mass is 10.4. The third-order valence-corrected chi connectivity index (χ3v) is 1.46. The lowest BCUT2D eigenvalue weighted by Gasteiger charge is -2.01. The second kappa shape index (κ2) is 4.72. The van der Waals surface area contributed by atoms with Gasteiger partial charge in [-0.25, -0.2) is 0 Å². The molecule has 4 heteroatoms. The van der Waals surface area contributed by atoms with Crippen LogP contribution in [0, 0.1) is 0 Å². The van der Waals surface area contributed by atoms with Crippen molar-refractivity contribution in [2.24, 2.45) is 0 Å². The summed E-state index contributed by atoms with van der Waals surface area (Å²) in [6.45, 7) is 0. The van der Waals surface area contributed by atoms with Gasteiger partial charge in [-0.3, -0.25) is 9.78 Å². The Hall–Kier alpha value is -1.09. The normalized spacial score (nSPS) is 9.42. The van der Waals surface area contributed by atoms with Gasteiger partial charge in [-0.2, -0.15) is 0 Å². The van der Waals surface area contributed by atoms with Gasteiger partial charge in [0, 0.05) is 18.5 Å². The Kier molecular flexibility index (Phi) is 3.54. The third-order valence-electron chi connectivity index (χ3n) is 1.27. The molecule has 1 aromatic heterocycles. The Labute approximate surface area is 75.8 Å². The van der Waals surface area contributed by atoms with Crippen molar-refractivity contribution >= 4 is 23.2 Å². The lowest BCUT2D eigenvalue weighted by molar-refractivity contribution is -0.115. The number of carbonyl (C=O) groups excluding carboxylic acids is 1. The quantitative estimate of drug-likeness (QED) is 0.726. The Morgan fingerprint density at radius 3 is 3.08 bits per heavy atom. The van der Waals surface area contributed by atoms with Crippen molar-refractivity contribution in [2.45, 2.75) is 6.42 Å². The number of amides is 1. The van der Waals surface area contributed by atoms with Crippen molar-refractivity contribution in [1.29, 1.82) is 0 Å². The molecule has 1 N–H and O–H groups in total. The number of hydrogen-bond acceptors (Lipinski definition) is 2. The monoisotopic (exact) mass is 184 g/mol. The first-order valence-electron chi connectivity index (χ1n) is 3.59. The van der Waals surface area contributed by atoms with E-state index in [2.05, 4.69) is 10.3 Å². The van der Waals surface area contributed by atoms with Crippen LogP contribution in [-0.4, -0.2) is 16.8 Å². The van der Waals surface area contributed by atoms with E-state index in [9.17, 15) is 4.79 Å². The molecule has 0 radical (unpaired) electrons. The molecular formula is C8H9ClN2O. The molecule has 0 bridgehead atoms. The third kappa shape index (κ3) is 2.88. The van der Waals surface area contributed by atoms with Gasteiger partial charge in [0.15, 0.2) is 0 Å². The molecule has 0 fully saturated rings. The molecule has 0 aromatic carbocycles. The SMILES string of the molecule is O=C(CCCl)Nc1cccnc1. The van der Waals surface area contributed by atoms with Crippen molar-refractivity contribution in [3.63, 3.8) is 0 Å². The van der Waals surface area contributed by atoms with Crippen molar-refractivity contribution in [1.82, 2.24) is 4.98 Å². The van der Waals surface area contributed by atoms with E-state index in [4.69, 9.17) is 11.6 Å². The van der Waals surface area contributed by atoms with Gasteiger partial charge < -0.3 is 5.32 Å². The van der Waals surface area contributed by atoms with E-state index in [1.54, 1.807) is 24.5 Å². The summed E-state index contributed by atoms with van der Waals surface area (Å²) in [5.74, 6) is 0.254. The Balaban J connectivity index is 2.47. The molecule has 1 amide bonds. The number of alkyl halides is 1. The van der Waals surface area contributed by atoms with Gasteiger partial charge in [0.1, 0.15) is 0 Å². The number of nitrogens with zero attached hydrogens (tertiary/aromatic N) is 1. The number of carbonyl (C=O) groups is 1. The minimum Gasteiger partial charge on any atom is -0.325 e. The second-order valence-corrected chi connectivity index (χ2v) is 2.61. The summed E-state index contributed by atoms with van der Waals surface area (Å²) in [4.78, 5) is 14.8. The van der Waals surface area contributed by atoms with Crippen LogP contribution in [0.2, 0.25) is 0 Å². The fraction of sp³-hybridized carbons (Fsp3) is 0.250. The van der Waals surface area contributed by atoms with Gasteiger partial charge in [0.25, 0.3) is 0 Å². The van der Waals surface area contributed by atoms with E-state index >= 15 is 0 Å². The van der Waals surface area contributed by atoms with E-state index < -0.39 is 0 Å². The first-order chi connectivity index (χ1) is 5.83. The highest BCUT2D eigenvalue weighted by atomic mass is 35.5. The molecule has 0 saturated heterocycles. The zero-order valence-electron chi connectivity index (χ0n) is 6.46. The summed E-state index contributed by atoms with van der Waals surface area (Å²) in [7, 11) is 0. The molecular weight excluding hydrogens is 176 g/mol. The number of rotatable bonds is 3. The average molecular weight is 185 g/mol. The second-order valence-electron chi connectivity index (χ2n) is 2.23. The van der Waals surface area contributed by atoms with Crippen LogP contribution in [0.15, 0.2) is 24.5 Å². The number of anilines is 1. The molecule has 0 saturated carbocycles. The van der Waals surface area contributed by atoms with Crippen LogP contribution in [0.5, 0.6) is 0 Å². The van der Waals surface area contributed by atoms with Crippen LogP contribution < -0.4 is 5.32 Å². The Bertz CT molecular complexity index is 250. The first-order valence-corrected chi connectivity index (χ1v) is 4.12. The van der Waals surface area contributed by atoms with E-state index in [1.807, 2.05) is 0 Å². The Morgan fingerprint density at radius 1 is 1.67 bits per heavy atom. The summed E-state index contributed by atoms with van der Waals surface area (Å²) in [6.07, 6.45) is 3.57. The fourth-order valence-electron chi connectivity index (χ4n) is 0.746. The summed E-state index contributed by atoms with van der Waals surface area (Å²) in [5, 5.41) is 2.66. The van der Waals surface area contributed by atoms with E-state index in [1.165, 1.54) is 0 Å². The maximum absolute atomic E-state index is 11.0. The number of hydrogen-bond donors (Lipinski definition) is 1. The van der Waals surface area contributed by atoms with Gasteiger partial charge in [-0.05, 0) is 12.1 Å². The number of aromatic nitrogens is 1. The van der Waals surface area contributed by atoms with Crippen molar-refractivity contribution in [3.05, 3.63) is 24.5 Å². The highest BCUT2D eigenvalue weighted by molar-refractivity contribution is 6.19. The standard InChI is InChI=1S/C8H9ClN2O/c9-4-3-8(12)11-7-2-1-5-10-6-7/h1-2,5-6H,3-4H2,(H,11,12). The summed E-state index contributed by atoms with van der Waals surface area (Å²) >= 11 is 5.39. The summed E-state index contributed by atoms with van der Waals surface area (Å²) in [5.41, 5.74) is 0.701. The van der Waals surface area contributed by atoms with Crippen LogP contribution in [-0.2, 0) is 4.79 Å². The number of nitrogens with one attached hydrogen (secondary N) is 1. The zero-order chi connectivity index (χ0) is 8.81. The smallest absolute Gasteiger partial charge is 0.225 e. The maximum atomic E-state index is 11.0. The van der Waals surface area contributed by atoms with E-state index in [-0.39, 0.29) is 5.91 Å². The van der Waals surface area contributed by atoms with Crippen LogP contribution in [0.4, 0.5) is 5.69 Å². The van der Waals surface area contributed by atoms with Crippen LogP contribution in [0.25, 0.3) is 0 Å². The molecule has 0 aliphatic carbocycles. The van der Waals surface area contributed by atoms with Gasteiger partial charge in [-0.1, -0.05) is 0 Å². The van der Waals surface area contributed by atoms with Gasteiger partial charge >= 0.3 is 0 Å². The molecule has 3 nitrogen and oxygen atoms in total. The molecule has 1 rings (SSSR count). The maximum Gasteiger partial charge on any atom is 0.225 e. The van der Waals surface area contributed by atoms with Gasteiger partial charge in [0.2, 0.25) is 5.91 Å². The predicted molar refractivity (Wildman–Crippen MR) is 48.2 cm³/mol. The molecule has 1 heterocycles. The summed E-state index contributed by atoms with van der Waals surface area (Å²) in [6, 6.07) is 3.54. The molecule has 0 spiro atoms. The van der Waals surface area contributed by atoms with Crippen molar-refractivity contribution in [3.8, 4) is 0 Å². The van der Waals surface area contributed by atoms with Gasteiger partial charge in [0.05, 0.1) is 11.9 Å². The average Bonchev–Trinajstić information content (AvgIpc) is 2.06. The topological polar surface area (TPSA) is 42.0 Å². The van der Waals surface area contributed by atoms with Crippen molar-refractivity contribution < 1.29 is 4.79 Å². The number of pyridine rings is 1. The molecule has 0 aliphatic rings. The number of halogens is 1. The Morgan fingerprint density at radius 2 is 2.50 bits per heavy atom. The van der Waals surface area contributed by atoms with Crippen LogP contribution in [0.1, 0.15) is 6.42 Å². The minimum atomic E-state index is -0.0852. The summed E-state index contributed by atoms with van der Waals surface area (Å²) < 4.78 is 0. The molecule has 12 heavy (non-hydrogen) atoms. The van der Waals surface area contributed by atoms with E-state index in [0.29, 0.717) is 18.0 Å². The van der Waals surface area contributed by atoms with Crippen LogP contribution in [0.3, 0.4) is 0 Å².